The Hall–Kier alpha value is -4.08. The highest BCUT2D eigenvalue weighted by Gasteiger charge is 2.16. The van der Waals surface area contributed by atoms with E-state index in [0.29, 0.717) is 34.3 Å². The zero-order valence-corrected chi connectivity index (χ0v) is 15.8. The number of alkyl halides is 2. The van der Waals surface area contributed by atoms with E-state index in [1.165, 1.54) is 12.1 Å². The third kappa shape index (κ3) is 4.13. The van der Waals surface area contributed by atoms with Gasteiger partial charge >= 0.3 is 6.61 Å². The normalized spacial score (nSPS) is 12.4. The highest BCUT2D eigenvalue weighted by molar-refractivity contribution is 5.56. The molecule has 31 heavy (non-hydrogen) atoms. The first-order valence-electron chi connectivity index (χ1n) is 9.14. The second-order valence-corrected chi connectivity index (χ2v) is 6.38. The smallest absolute Gasteiger partial charge is 0.387 e. The van der Waals surface area contributed by atoms with Crippen LogP contribution in [0.1, 0.15) is 5.76 Å². The van der Waals surface area contributed by atoms with Gasteiger partial charge in [0, 0.05) is 11.6 Å². The lowest BCUT2D eigenvalue weighted by atomic mass is 10.2. The Morgan fingerprint density at radius 3 is 2.45 bits per heavy atom. The molecule has 0 fully saturated rings. The molecule has 0 atom stereocenters. The molecule has 5 rings (SSSR count). The summed E-state index contributed by atoms with van der Waals surface area (Å²) < 4.78 is 56.5. The minimum atomic E-state index is -2.89. The number of ether oxygens (including phenoxy) is 4. The molecule has 4 aromatic rings. The minimum absolute atomic E-state index is 0.0385. The predicted molar refractivity (Wildman–Crippen MR) is 101 cm³/mol. The number of furan rings is 1. The Bertz CT molecular complexity index is 1190. The second kappa shape index (κ2) is 7.98. The fourth-order valence-electron chi connectivity index (χ4n) is 2.91. The average molecular weight is 428 g/mol. The third-order valence-corrected chi connectivity index (χ3v) is 4.35. The van der Waals surface area contributed by atoms with Gasteiger partial charge in [0.05, 0.1) is 0 Å². The van der Waals surface area contributed by atoms with E-state index >= 15 is 0 Å². The number of benzene rings is 2. The van der Waals surface area contributed by atoms with Gasteiger partial charge in [-0.2, -0.15) is 8.78 Å². The van der Waals surface area contributed by atoms with Crippen molar-refractivity contribution in [3.05, 3.63) is 60.4 Å². The van der Waals surface area contributed by atoms with Crippen LogP contribution in [0.15, 0.2) is 63.4 Å². The van der Waals surface area contributed by atoms with Crippen LogP contribution in [0.4, 0.5) is 8.78 Å². The fourth-order valence-corrected chi connectivity index (χ4v) is 2.91. The van der Waals surface area contributed by atoms with Crippen LogP contribution >= 0.6 is 0 Å². The van der Waals surface area contributed by atoms with Crippen molar-refractivity contribution in [3.63, 3.8) is 0 Å². The summed E-state index contributed by atoms with van der Waals surface area (Å²) in [5.41, 5.74) is 0.554. The molecular formula is C21H14F2N2O6. The van der Waals surface area contributed by atoms with Crippen molar-refractivity contribution in [2.75, 3.05) is 6.79 Å². The molecule has 0 bridgehead atoms. The molecule has 1 aliphatic heterocycles. The van der Waals surface area contributed by atoms with Crippen molar-refractivity contribution in [1.29, 1.82) is 0 Å². The van der Waals surface area contributed by atoms with E-state index in [9.17, 15) is 8.78 Å². The molecule has 0 amide bonds. The molecule has 3 heterocycles. The summed E-state index contributed by atoms with van der Waals surface area (Å²) in [5.74, 6) is 3.28. The maximum absolute atomic E-state index is 12.2. The summed E-state index contributed by atoms with van der Waals surface area (Å²) in [6.45, 7) is -2.50. The Morgan fingerprint density at radius 2 is 1.61 bits per heavy atom. The first-order chi connectivity index (χ1) is 15.1. The standard InChI is InChI=1S/C21H14F2N2O6/c22-21(23)30-13-3-1-12(2-4-13)19-24-25-20(31-19)17-8-6-15(29-17)10-26-14-5-7-16-18(9-14)28-11-27-16/h1-9,21H,10-11H2. The Kier molecular flexibility index (Phi) is 4.87. The first kappa shape index (κ1) is 18.9. The Labute approximate surface area is 173 Å². The van der Waals surface area contributed by atoms with E-state index in [1.807, 2.05) is 0 Å². The van der Waals surface area contributed by atoms with Crippen LogP contribution in [0.25, 0.3) is 23.1 Å². The number of rotatable bonds is 7. The maximum Gasteiger partial charge on any atom is 0.387 e. The van der Waals surface area contributed by atoms with E-state index in [2.05, 4.69) is 14.9 Å². The van der Waals surface area contributed by atoms with Gasteiger partial charge in [-0.05, 0) is 48.5 Å². The van der Waals surface area contributed by atoms with E-state index in [4.69, 9.17) is 23.0 Å². The Morgan fingerprint density at radius 1 is 0.839 bits per heavy atom. The SMILES string of the molecule is FC(F)Oc1ccc(-c2nnc(-c3ccc(COc4ccc5c(c4)OCO5)o3)o2)cc1. The highest BCUT2D eigenvalue weighted by Crippen LogP contribution is 2.35. The van der Waals surface area contributed by atoms with Gasteiger partial charge in [-0.3, -0.25) is 0 Å². The van der Waals surface area contributed by atoms with Gasteiger partial charge in [0.2, 0.25) is 12.7 Å². The summed E-state index contributed by atoms with van der Waals surface area (Å²) in [5, 5.41) is 7.94. The van der Waals surface area contributed by atoms with Gasteiger partial charge in [0.15, 0.2) is 17.3 Å². The number of halogens is 2. The molecule has 0 saturated heterocycles. The molecule has 0 N–H and O–H groups in total. The van der Waals surface area contributed by atoms with Gasteiger partial charge in [-0.1, -0.05) is 0 Å². The van der Waals surface area contributed by atoms with Gasteiger partial charge in [0.25, 0.3) is 5.89 Å². The molecular weight excluding hydrogens is 414 g/mol. The van der Waals surface area contributed by atoms with Crippen molar-refractivity contribution >= 4 is 0 Å². The van der Waals surface area contributed by atoms with Crippen molar-refractivity contribution < 1.29 is 36.6 Å². The van der Waals surface area contributed by atoms with E-state index in [0.717, 1.165) is 0 Å². The molecule has 158 valence electrons. The van der Waals surface area contributed by atoms with Crippen LogP contribution in [0, 0.1) is 0 Å². The Balaban J connectivity index is 1.24. The van der Waals surface area contributed by atoms with Crippen LogP contribution in [-0.2, 0) is 6.61 Å². The number of hydrogen-bond acceptors (Lipinski definition) is 8. The predicted octanol–water partition coefficient (Wildman–Crippen LogP) is 4.91. The van der Waals surface area contributed by atoms with Crippen LogP contribution in [0.5, 0.6) is 23.0 Å². The summed E-state index contributed by atoms with van der Waals surface area (Å²) >= 11 is 0. The summed E-state index contributed by atoms with van der Waals surface area (Å²) in [4.78, 5) is 0. The lowest BCUT2D eigenvalue weighted by Crippen LogP contribution is -2.01. The largest absolute Gasteiger partial charge is 0.486 e. The van der Waals surface area contributed by atoms with E-state index < -0.39 is 6.61 Å². The van der Waals surface area contributed by atoms with Gasteiger partial charge in [0.1, 0.15) is 23.9 Å². The van der Waals surface area contributed by atoms with E-state index in [1.54, 1.807) is 42.5 Å². The van der Waals surface area contributed by atoms with Gasteiger partial charge in [-0.25, -0.2) is 0 Å². The average Bonchev–Trinajstić information content (AvgIpc) is 3.52. The van der Waals surface area contributed by atoms with Crippen LogP contribution in [0.2, 0.25) is 0 Å². The van der Waals surface area contributed by atoms with Crippen molar-refractivity contribution in [3.8, 4) is 46.1 Å². The number of hydrogen-bond donors (Lipinski definition) is 0. The lowest BCUT2D eigenvalue weighted by molar-refractivity contribution is -0.0498. The monoisotopic (exact) mass is 428 g/mol. The molecule has 0 unspecified atom stereocenters. The molecule has 2 aromatic carbocycles. The molecule has 0 spiro atoms. The molecule has 0 radical (unpaired) electrons. The number of fused-ring (bicyclic) bond motifs is 1. The van der Waals surface area contributed by atoms with Crippen LogP contribution in [-0.4, -0.2) is 23.6 Å². The molecule has 0 saturated carbocycles. The fraction of sp³-hybridized carbons (Fsp3) is 0.143. The molecule has 1 aliphatic rings. The van der Waals surface area contributed by atoms with Crippen LogP contribution in [0.3, 0.4) is 0 Å². The first-order valence-corrected chi connectivity index (χ1v) is 9.14. The summed E-state index contributed by atoms with van der Waals surface area (Å²) in [6.07, 6.45) is 0. The third-order valence-electron chi connectivity index (χ3n) is 4.35. The number of nitrogens with zero attached hydrogens (tertiary/aromatic N) is 2. The lowest BCUT2D eigenvalue weighted by Gasteiger charge is -2.05. The summed E-state index contributed by atoms with van der Waals surface area (Å²) in [6, 6.07) is 14.6. The van der Waals surface area contributed by atoms with Gasteiger partial charge in [-0.15, -0.1) is 10.2 Å². The van der Waals surface area contributed by atoms with E-state index in [-0.39, 0.29) is 30.9 Å². The second-order valence-electron chi connectivity index (χ2n) is 6.38. The van der Waals surface area contributed by atoms with Crippen molar-refractivity contribution in [2.24, 2.45) is 0 Å². The molecule has 10 heteroatoms. The summed E-state index contributed by atoms with van der Waals surface area (Å²) in [7, 11) is 0. The zero-order valence-electron chi connectivity index (χ0n) is 15.8. The maximum atomic E-state index is 12.2. The van der Waals surface area contributed by atoms with Crippen molar-refractivity contribution in [2.45, 2.75) is 13.2 Å². The quantitative estimate of drug-likeness (QED) is 0.410. The molecule has 8 nitrogen and oxygen atoms in total. The van der Waals surface area contributed by atoms with Crippen molar-refractivity contribution in [1.82, 2.24) is 10.2 Å². The van der Waals surface area contributed by atoms with Gasteiger partial charge < -0.3 is 27.8 Å². The molecule has 2 aromatic heterocycles. The zero-order chi connectivity index (χ0) is 21.2. The van der Waals surface area contributed by atoms with Crippen LogP contribution < -0.4 is 18.9 Å². The topological polar surface area (TPSA) is 89.0 Å². The minimum Gasteiger partial charge on any atom is -0.486 e. The molecule has 0 aliphatic carbocycles. The number of aromatic nitrogens is 2. The highest BCUT2D eigenvalue weighted by atomic mass is 19.3.